The first kappa shape index (κ1) is 12.9. The normalized spacial score (nSPS) is 12.9. The van der Waals surface area contributed by atoms with Gasteiger partial charge in [0.2, 0.25) is 5.82 Å². The maximum Gasteiger partial charge on any atom is 0.200 e. The van der Waals surface area contributed by atoms with Crippen molar-refractivity contribution in [3.05, 3.63) is 34.6 Å². The van der Waals surface area contributed by atoms with Crippen LogP contribution < -0.4 is 0 Å². The fourth-order valence-electron chi connectivity index (χ4n) is 1.13. The van der Waals surface area contributed by atoms with Crippen LogP contribution in [0.4, 0.5) is 22.0 Å². The van der Waals surface area contributed by atoms with Crippen molar-refractivity contribution in [1.82, 2.24) is 0 Å². The lowest BCUT2D eigenvalue weighted by molar-refractivity contribution is 0.0935. The molecule has 0 spiro atoms. The van der Waals surface area contributed by atoms with Crippen molar-refractivity contribution in [2.75, 3.05) is 6.61 Å². The first-order valence-corrected chi connectivity index (χ1v) is 4.19. The smallest absolute Gasteiger partial charge is 0.200 e. The molecule has 0 radical (unpaired) electrons. The molecule has 0 aliphatic heterocycles. The average Bonchev–Trinajstić information content (AvgIpc) is 2.29. The summed E-state index contributed by atoms with van der Waals surface area (Å²) in [6.45, 7) is -0.848. The lowest BCUT2D eigenvalue weighted by Crippen LogP contribution is -2.19. The number of aliphatic hydroxyl groups is 2. The van der Waals surface area contributed by atoms with Crippen molar-refractivity contribution < 1.29 is 32.2 Å². The lowest BCUT2D eigenvalue weighted by Gasteiger charge is -2.10. The summed E-state index contributed by atoms with van der Waals surface area (Å²) in [5, 5.41) is 17.3. The predicted molar refractivity (Wildman–Crippen MR) is 43.0 cm³/mol. The Balaban J connectivity index is 3.28. The van der Waals surface area contributed by atoms with Gasteiger partial charge in [0, 0.05) is 12.0 Å². The summed E-state index contributed by atoms with van der Waals surface area (Å²) in [5.41, 5.74) is -1.14. The summed E-state index contributed by atoms with van der Waals surface area (Å²) < 4.78 is 63.9. The average molecular weight is 242 g/mol. The number of hydrogen-bond donors (Lipinski definition) is 2. The molecule has 0 bridgehead atoms. The minimum Gasteiger partial charge on any atom is -0.394 e. The van der Waals surface area contributed by atoms with Crippen LogP contribution in [0.1, 0.15) is 5.56 Å². The molecule has 1 atom stereocenters. The van der Waals surface area contributed by atoms with Crippen molar-refractivity contribution >= 4 is 0 Å². The van der Waals surface area contributed by atoms with Gasteiger partial charge in [-0.15, -0.1) is 0 Å². The van der Waals surface area contributed by atoms with E-state index in [0.717, 1.165) is 0 Å². The Kier molecular flexibility index (Phi) is 3.82. The number of aliphatic hydroxyl groups excluding tert-OH is 2. The van der Waals surface area contributed by atoms with E-state index >= 15 is 0 Å². The van der Waals surface area contributed by atoms with Gasteiger partial charge in [0.05, 0.1) is 12.7 Å². The molecule has 16 heavy (non-hydrogen) atoms. The molecule has 0 aromatic heterocycles. The van der Waals surface area contributed by atoms with Crippen LogP contribution >= 0.6 is 0 Å². The van der Waals surface area contributed by atoms with Gasteiger partial charge >= 0.3 is 0 Å². The predicted octanol–water partition coefficient (Wildman–Crippen LogP) is 1.28. The molecule has 0 unspecified atom stereocenters. The Hall–Kier alpha value is -1.21. The summed E-state index contributed by atoms with van der Waals surface area (Å²) in [5.74, 6) is -10.4. The Morgan fingerprint density at radius 2 is 1.19 bits per heavy atom. The van der Waals surface area contributed by atoms with E-state index in [4.69, 9.17) is 10.2 Å². The third-order valence-corrected chi connectivity index (χ3v) is 1.95. The minimum atomic E-state index is -2.25. The van der Waals surface area contributed by atoms with Crippen molar-refractivity contribution in [3.8, 4) is 0 Å². The van der Waals surface area contributed by atoms with Gasteiger partial charge in [0.25, 0.3) is 0 Å². The highest BCUT2D eigenvalue weighted by molar-refractivity contribution is 5.24. The van der Waals surface area contributed by atoms with E-state index in [0.29, 0.717) is 0 Å². The molecule has 90 valence electrons. The second-order valence-electron chi connectivity index (χ2n) is 3.09. The fourth-order valence-corrected chi connectivity index (χ4v) is 1.13. The van der Waals surface area contributed by atoms with E-state index in [1.54, 1.807) is 0 Å². The lowest BCUT2D eigenvalue weighted by atomic mass is 10.1. The van der Waals surface area contributed by atoms with Crippen LogP contribution in [-0.4, -0.2) is 22.9 Å². The highest BCUT2D eigenvalue weighted by Crippen LogP contribution is 2.23. The Labute approximate surface area is 86.9 Å². The first-order valence-electron chi connectivity index (χ1n) is 4.19. The van der Waals surface area contributed by atoms with Crippen molar-refractivity contribution in [2.45, 2.75) is 12.5 Å². The zero-order chi connectivity index (χ0) is 12.5. The highest BCUT2D eigenvalue weighted by atomic mass is 19.2. The molecule has 1 aromatic carbocycles. The van der Waals surface area contributed by atoms with E-state index in [9.17, 15) is 22.0 Å². The fraction of sp³-hybridized carbons (Fsp3) is 0.333. The molecule has 7 heteroatoms. The molecule has 2 nitrogen and oxygen atoms in total. The van der Waals surface area contributed by atoms with Crippen LogP contribution in [0.15, 0.2) is 0 Å². The maximum atomic E-state index is 13.0. The summed E-state index contributed by atoms with van der Waals surface area (Å²) >= 11 is 0. The van der Waals surface area contributed by atoms with Crippen molar-refractivity contribution in [2.24, 2.45) is 0 Å². The van der Waals surface area contributed by atoms with E-state index in [-0.39, 0.29) is 0 Å². The Bertz CT molecular complexity index is 378. The minimum absolute atomic E-state index is 0.848. The van der Waals surface area contributed by atoms with Crippen LogP contribution in [-0.2, 0) is 6.42 Å². The molecule has 0 amide bonds. The second kappa shape index (κ2) is 4.75. The quantitative estimate of drug-likeness (QED) is 0.476. The molecule has 1 aromatic rings. The summed E-state index contributed by atoms with van der Waals surface area (Å²) in [6, 6.07) is 0. The van der Waals surface area contributed by atoms with Crippen LogP contribution in [0.25, 0.3) is 0 Å². The third-order valence-electron chi connectivity index (χ3n) is 1.95. The molecule has 1 rings (SSSR count). The molecular weight excluding hydrogens is 235 g/mol. The van der Waals surface area contributed by atoms with Gasteiger partial charge in [0.15, 0.2) is 23.3 Å². The van der Waals surface area contributed by atoms with Crippen molar-refractivity contribution in [3.63, 3.8) is 0 Å². The largest absolute Gasteiger partial charge is 0.394 e. The monoisotopic (exact) mass is 242 g/mol. The van der Waals surface area contributed by atoms with Crippen LogP contribution in [0.5, 0.6) is 0 Å². The van der Waals surface area contributed by atoms with E-state index in [1.165, 1.54) is 0 Å². The molecular formula is C9H7F5O2. The van der Waals surface area contributed by atoms with Gasteiger partial charge in [-0.1, -0.05) is 0 Å². The third kappa shape index (κ3) is 2.14. The van der Waals surface area contributed by atoms with E-state index < -0.39 is 53.8 Å². The molecule has 0 saturated carbocycles. The number of halogens is 5. The second-order valence-corrected chi connectivity index (χ2v) is 3.09. The van der Waals surface area contributed by atoms with E-state index in [2.05, 4.69) is 0 Å². The summed E-state index contributed by atoms with van der Waals surface area (Å²) in [4.78, 5) is 0. The number of rotatable bonds is 3. The standard InChI is InChI=1S/C9H7F5O2/c10-5-4(1-3(16)2-15)6(11)8(13)9(14)7(5)12/h3,15-16H,1-2H2/t3-/m1/s1. The van der Waals surface area contributed by atoms with Crippen molar-refractivity contribution in [1.29, 1.82) is 0 Å². The zero-order valence-electron chi connectivity index (χ0n) is 7.78. The van der Waals surface area contributed by atoms with Gasteiger partial charge in [-0.3, -0.25) is 0 Å². The molecule has 0 saturated heterocycles. The van der Waals surface area contributed by atoms with Gasteiger partial charge in [-0.2, -0.15) is 0 Å². The summed E-state index contributed by atoms with van der Waals surface area (Å²) in [6.07, 6.45) is -2.45. The number of benzene rings is 1. The molecule has 2 N–H and O–H groups in total. The highest BCUT2D eigenvalue weighted by Gasteiger charge is 2.26. The first-order chi connectivity index (χ1) is 7.40. The summed E-state index contributed by atoms with van der Waals surface area (Å²) in [7, 11) is 0. The molecule has 0 fully saturated rings. The Morgan fingerprint density at radius 1 is 0.812 bits per heavy atom. The van der Waals surface area contributed by atoms with Gasteiger partial charge in [-0.25, -0.2) is 22.0 Å². The van der Waals surface area contributed by atoms with Gasteiger partial charge < -0.3 is 10.2 Å². The number of hydrogen-bond acceptors (Lipinski definition) is 2. The van der Waals surface area contributed by atoms with Gasteiger partial charge in [-0.05, 0) is 0 Å². The van der Waals surface area contributed by atoms with Crippen LogP contribution in [0.3, 0.4) is 0 Å². The van der Waals surface area contributed by atoms with Crippen LogP contribution in [0, 0.1) is 29.1 Å². The van der Waals surface area contributed by atoms with Crippen LogP contribution in [0.2, 0.25) is 0 Å². The molecule has 0 aliphatic rings. The van der Waals surface area contributed by atoms with Gasteiger partial charge in [0.1, 0.15) is 0 Å². The topological polar surface area (TPSA) is 40.5 Å². The van der Waals surface area contributed by atoms with E-state index in [1.807, 2.05) is 0 Å². The Morgan fingerprint density at radius 3 is 1.56 bits per heavy atom. The molecule has 0 aliphatic carbocycles. The SMILES string of the molecule is OC[C@H](O)Cc1c(F)c(F)c(F)c(F)c1F. The zero-order valence-corrected chi connectivity index (χ0v) is 7.78. The maximum absolute atomic E-state index is 13.0. The molecule has 0 heterocycles.